The monoisotopic (exact) mass is 324 g/mol. The number of carbonyl (C=O) groups is 2. The van der Waals surface area contributed by atoms with Crippen LogP contribution in [0.15, 0.2) is 48.5 Å². The third-order valence-corrected chi connectivity index (χ3v) is 4.16. The van der Waals surface area contributed by atoms with Gasteiger partial charge in [-0.15, -0.1) is 0 Å². The molecular weight excluding hydrogens is 304 g/mol. The minimum atomic E-state index is -0.182. The summed E-state index contributed by atoms with van der Waals surface area (Å²) in [5.74, 6) is 0.160. The summed E-state index contributed by atoms with van der Waals surface area (Å²) in [6.07, 6.45) is 1.98. The maximum absolute atomic E-state index is 12.3. The van der Waals surface area contributed by atoms with Gasteiger partial charge in [0.2, 0.25) is 5.91 Å². The Morgan fingerprint density at radius 2 is 2.00 bits per heavy atom. The zero-order valence-electron chi connectivity index (χ0n) is 13.4. The molecule has 124 valence electrons. The van der Waals surface area contributed by atoms with Gasteiger partial charge < -0.3 is 15.3 Å². The van der Waals surface area contributed by atoms with Gasteiger partial charge in [-0.3, -0.25) is 9.59 Å². The Morgan fingerprint density at radius 3 is 2.75 bits per heavy atom. The van der Waals surface area contributed by atoms with Gasteiger partial charge in [-0.2, -0.15) is 0 Å². The molecule has 2 amide bonds. The lowest BCUT2D eigenvalue weighted by Gasteiger charge is -2.16. The Morgan fingerprint density at radius 1 is 1.17 bits per heavy atom. The summed E-state index contributed by atoms with van der Waals surface area (Å²) in [4.78, 5) is 25.8. The summed E-state index contributed by atoms with van der Waals surface area (Å²) >= 11 is 0. The van der Waals surface area contributed by atoms with Crippen molar-refractivity contribution in [1.29, 1.82) is 0 Å². The summed E-state index contributed by atoms with van der Waals surface area (Å²) in [6.45, 7) is 1.14. The van der Waals surface area contributed by atoms with Crippen molar-refractivity contribution in [3.05, 3.63) is 59.7 Å². The predicted octanol–water partition coefficient (Wildman–Crippen LogP) is 2.49. The van der Waals surface area contributed by atoms with Crippen molar-refractivity contribution in [2.75, 3.05) is 18.0 Å². The second-order valence-electron chi connectivity index (χ2n) is 5.83. The van der Waals surface area contributed by atoms with Gasteiger partial charge in [-0.1, -0.05) is 24.3 Å². The molecule has 1 fully saturated rings. The molecule has 24 heavy (non-hydrogen) atoms. The number of anilines is 1. The highest BCUT2D eigenvalue weighted by atomic mass is 16.3. The maximum Gasteiger partial charge on any atom is 0.251 e. The van der Waals surface area contributed by atoms with Crippen molar-refractivity contribution in [1.82, 2.24) is 5.32 Å². The van der Waals surface area contributed by atoms with Crippen molar-refractivity contribution in [3.8, 4) is 5.75 Å². The number of phenols is 1. The quantitative estimate of drug-likeness (QED) is 0.888. The summed E-state index contributed by atoms with van der Waals surface area (Å²) in [7, 11) is 0. The summed E-state index contributed by atoms with van der Waals surface area (Å²) in [5.41, 5.74) is 2.10. The van der Waals surface area contributed by atoms with E-state index in [9.17, 15) is 14.7 Å². The van der Waals surface area contributed by atoms with Gasteiger partial charge in [-0.05, 0) is 42.7 Å². The molecule has 2 aromatic carbocycles. The maximum atomic E-state index is 12.3. The van der Waals surface area contributed by atoms with Crippen molar-refractivity contribution in [2.45, 2.75) is 19.3 Å². The number of nitrogens with zero attached hydrogens (tertiary/aromatic N) is 1. The summed E-state index contributed by atoms with van der Waals surface area (Å²) in [5, 5.41) is 12.6. The van der Waals surface area contributed by atoms with Gasteiger partial charge in [0.05, 0.1) is 0 Å². The number of nitrogens with one attached hydrogen (secondary N) is 1. The average Bonchev–Trinajstić information content (AvgIpc) is 3.03. The predicted molar refractivity (Wildman–Crippen MR) is 92.2 cm³/mol. The number of rotatable bonds is 5. The van der Waals surface area contributed by atoms with Crippen molar-refractivity contribution in [2.24, 2.45) is 0 Å². The number of hydrogen-bond donors (Lipinski definition) is 2. The number of hydrogen-bond acceptors (Lipinski definition) is 3. The van der Waals surface area contributed by atoms with Crippen molar-refractivity contribution < 1.29 is 14.7 Å². The fourth-order valence-electron chi connectivity index (χ4n) is 2.87. The van der Waals surface area contributed by atoms with Crippen LogP contribution in [0, 0.1) is 0 Å². The first-order chi connectivity index (χ1) is 11.6. The molecule has 0 bridgehead atoms. The Balaban J connectivity index is 1.61. The largest absolute Gasteiger partial charge is 0.508 e. The third-order valence-electron chi connectivity index (χ3n) is 4.16. The molecule has 2 N–H and O–H groups in total. The number of amides is 2. The van der Waals surface area contributed by atoms with Crippen LogP contribution in [0.2, 0.25) is 0 Å². The first kappa shape index (κ1) is 16.1. The molecule has 2 aromatic rings. The molecule has 0 saturated carbocycles. The Labute approximate surface area is 140 Å². The minimum absolute atomic E-state index is 0.104. The number of aromatic hydroxyl groups is 1. The van der Waals surface area contributed by atoms with Crippen LogP contribution in [0.1, 0.15) is 28.8 Å². The lowest BCUT2D eigenvalue weighted by atomic mass is 10.1. The van der Waals surface area contributed by atoms with Crippen LogP contribution < -0.4 is 10.2 Å². The van der Waals surface area contributed by atoms with E-state index in [0.29, 0.717) is 31.5 Å². The average molecular weight is 324 g/mol. The van der Waals surface area contributed by atoms with E-state index >= 15 is 0 Å². The molecule has 0 spiro atoms. The minimum Gasteiger partial charge on any atom is -0.508 e. The molecule has 0 atom stereocenters. The van der Waals surface area contributed by atoms with Gasteiger partial charge in [0, 0.05) is 30.8 Å². The first-order valence-electron chi connectivity index (χ1n) is 8.10. The lowest BCUT2D eigenvalue weighted by Crippen LogP contribution is -2.27. The molecule has 1 aliphatic rings. The highest BCUT2D eigenvalue weighted by molar-refractivity contribution is 5.99. The molecule has 1 heterocycles. The van der Waals surface area contributed by atoms with Crippen LogP contribution in [0.4, 0.5) is 5.69 Å². The second kappa shape index (κ2) is 7.17. The second-order valence-corrected chi connectivity index (χ2v) is 5.83. The van der Waals surface area contributed by atoms with E-state index in [0.717, 1.165) is 17.7 Å². The fourth-order valence-corrected chi connectivity index (χ4v) is 2.87. The van der Waals surface area contributed by atoms with Crippen molar-refractivity contribution in [3.63, 3.8) is 0 Å². The van der Waals surface area contributed by atoms with E-state index < -0.39 is 0 Å². The van der Waals surface area contributed by atoms with E-state index in [1.807, 2.05) is 18.2 Å². The number of phenolic OH excluding ortho intramolecular Hbond substituents is 1. The Bertz CT molecular complexity index is 758. The lowest BCUT2D eigenvalue weighted by molar-refractivity contribution is -0.117. The van der Waals surface area contributed by atoms with E-state index in [-0.39, 0.29) is 17.6 Å². The normalized spacial score (nSPS) is 14.0. The molecule has 5 nitrogen and oxygen atoms in total. The van der Waals surface area contributed by atoms with Gasteiger partial charge in [0.15, 0.2) is 0 Å². The van der Waals surface area contributed by atoms with Crippen LogP contribution in [-0.2, 0) is 11.2 Å². The van der Waals surface area contributed by atoms with E-state index in [2.05, 4.69) is 5.32 Å². The van der Waals surface area contributed by atoms with E-state index in [1.54, 1.807) is 35.2 Å². The first-order valence-corrected chi connectivity index (χ1v) is 8.10. The third kappa shape index (κ3) is 3.56. The fraction of sp³-hybridized carbons (Fsp3) is 0.263. The molecule has 0 unspecified atom stereocenters. The molecular formula is C19H20N2O3. The molecule has 0 aliphatic carbocycles. The number of para-hydroxylation sites is 1. The van der Waals surface area contributed by atoms with Gasteiger partial charge in [0.25, 0.3) is 5.91 Å². The van der Waals surface area contributed by atoms with Gasteiger partial charge >= 0.3 is 0 Å². The van der Waals surface area contributed by atoms with Crippen LogP contribution in [-0.4, -0.2) is 30.0 Å². The van der Waals surface area contributed by atoms with Crippen LogP contribution >= 0.6 is 0 Å². The molecule has 1 aliphatic heterocycles. The summed E-state index contributed by atoms with van der Waals surface area (Å²) in [6, 6.07) is 14.2. The summed E-state index contributed by atoms with van der Waals surface area (Å²) < 4.78 is 0. The Kier molecular flexibility index (Phi) is 4.79. The molecule has 0 radical (unpaired) electrons. The molecule has 3 rings (SSSR count). The zero-order chi connectivity index (χ0) is 16.9. The smallest absolute Gasteiger partial charge is 0.251 e. The number of carbonyl (C=O) groups excluding carboxylic acids is 2. The Hall–Kier alpha value is -2.82. The highest BCUT2D eigenvalue weighted by Gasteiger charge is 2.22. The topological polar surface area (TPSA) is 69.6 Å². The standard InChI is InChI=1S/C19H20N2O3/c22-17-8-2-1-5-14(17)10-11-20-19(24)15-6-3-7-16(13-15)21-12-4-9-18(21)23/h1-3,5-8,13,22H,4,9-12H2,(H,20,24). The SMILES string of the molecule is O=C(NCCc1ccccc1O)c1cccc(N2CCCC2=O)c1. The van der Waals surface area contributed by atoms with E-state index in [1.165, 1.54) is 0 Å². The number of benzene rings is 2. The molecule has 1 saturated heterocycles. The molecule has 5 heteroatoms. The highest BCUT2D eigenvalue weighted by Crippen LogP contribution is 2.22. The van der Waals surface area contributed by atoms with Gasteiger partial charge in [0.1, 0.15) is 5.75 Å². The van der Waals surface area contributed by atoms with Crippen LogP contribution in [0.25, 0.3) is 0 Å². The van der Waals surface area contributed by atoms with Crippen molar-refractivity contribution >= 4 is 17.5 Å². The zero-order valence-corrected chi connectivity index (χ0v) is 13.4. The van der Waals surface area contributed by atoms with Crippen LogP contribution in [0.5, 0.6) is 5.75 Å². The van der Waals surface area contributed by atoms with E-state index in [4.69, 9.17) is 0 Å². The van der Waals surface area contributed by atoms with Gasteiger partial charge in [-0.25, -0.2) is 0 Å². The molecule has 0 aromatic heterocycles. The van der Waals surface area contributed by atoms with Crippen LogP contribution in [0.3, 0.4) is 0 Å².